The third-order valence-corrected chi connectivity index (χ3v) is 4.55. The smallest absolute Gasteiger partial charge is 0.290 e. The van der Waals surface area contributed by atoms with Crippen LogP contribution in [0.3, 0.4) is 0 Å². The molecular formula is C17H20BrN5O2. The quantitative estimate of drug-likeness (QED) is 0.591. The number of aryl methyl sites for hydroxylation is 2. The zero-order valence-electron chi connectivity index (χ0n) is 14.6. The molecule has 2 N–H and O–H groups in total. The Hall–Kier alpha value is -2.48. The van der Waals surface area contributed by atoms with Gasteiger partial charge < -0.3 is 5.32 Å². The summed E-state index contributed by atoms with van der Waals surface area (Å²) in [4.78, 5) is 23.7. The summed E-state index contributed by atoms with van der Waals surface area (Å²) in [6.45, 7) is 5.41. The molecule has 0 aliphatic heterocycles. The molecule has 132 valence electrons. The average Bonchev–Trinajstić information content (AvgIpc) is 2.85. The van der Waals surface area contributed by atoms with Gasteiger partial charge in [-0.05, 0) is 47.5 Å². The van der Waals surface area contributed by atoms with Gasteiger partial charge in [-0.15, -0.1) is 0 Å². The number of aromatic nitrogens is 2. The lowest BCUT2D eigenvalue weighted by atomic mass is 10.1. The third-order valence-electron chi connectivity index (χ3n) is 3.60. The van der Waals surface area contributed by atoms with E-state index in [4.69, 9.17) is 0 Å². The fourth-order valence-corrected chi connectivity index (χ4v) is 2.69. The molecule has 1 aromatic carbocycles. The highest BCUT2D eigenvalue weighted by molar-refractivity contribution is 9.10. The number of nitrogens with one attached hydrogen (secondary N) is 2. The molecule has 0 bridgehead atoms. The van der Waals surface area contributed by atoms with E-state index in [9.17, 15) is 9.59 Å². The molecule has 0 aliphatic carbocycles. The normalized spacial score (nSPS) is 11.3. The zero-order chi connectivity index (χ0) is 18.6. The number of hydrogen-bond donors (Lipinski definition) is 2. The summed E-state index contributed by atoms with van der Waals surface area (Å²) in [6.07, 6.45) is 0.428. The molecule has 2 amide bonds. The summed E-state index contributed by atoms with van der Waals surface area (Å²) in [6, 6.07) is 7.26. The standard InChI is InChI=1S/C17H20BrN5O2/c1-5-14(24)19-13-8-6-12(7-9-13)10(2)20-21-17(25)16-15(18)11(3)22-23(16)4/h6-9H,5H2,1-4H3,(H,19,24)(H,21,25)/b20-10+. The van der Waals surface area contributed by atoms with Gasteiger partial charge in [0.05, 0.1) is 15.9 Å². The lowest BCUT2D eigenvalue weighted by Crippen LogP contribution is -2.22. The minimum Gasteiger partial charge on any atom is -0.326 e. The molecular weight excluding hydrogens is 386 g/mol. The largest absolute Gasteiger partial charge is 0.326 e. The van der Waals surface area contributed by atoms with Crippen LogP contribution in [0, 0.1) is 6.92 Å². The molecule has 1 aromatic heterocycles. The highest BCUT2D eigenvalue weighted by Crippen LogP contribution is 2.20. The number of rotatable bonds is 5. The molecule has 0 saturated carbocycles. The highest BCUT2D eigenvalue weighted by atomic mass is 79.9. The van der Waals surface area contributed by atoms with Gasteiger partial charge in [0.2, 0.25) is 5.91 Å². The van der Waals surface area contributed by atoms with Crippen LogP contribution in [0.1, 0.15) is 42.0 Å². The summed E-state index contributed by atoms with van der Waals surface area (Å²) in [5.41, 5.74) is 5.90. The Morgan fingerprint density at radius 2 is 1.92 bits per heavy atom. The van der Waals surface area contributed by atoms with Crippen LogP contribution in [0.15, 0.2) is 33.8 Å². The number of hydrazone groups is 1. The number of benzene rings is 1. The van der Waals surface area contributed by atoms with Gasteiger partial charge in [-0.1, -0.05) is 19.1 Å². The van der Waals surface area contributed by atoms with Crippen molar-refractivity contribution in [1.82, 2.24) is 15.2 Å². The molecule has 2 aromatic rings. The maximum Gasteiger partial charge on any atom is 0.290 e. The second kappa shape index (κ2) is 8.06. The summed E-state index contributed by atoms with van der Waals surface area (Å²) in [7, 11) is 1.70. The number of carbonyl (C=O) groups excluding carboxylic acids is 2. The van der Waals surface area contributed by atoms with Crippen LogP contribution < -0.4 is 10.7 Å². The predicted molar refractivity (Wildman–Crippen MR) is 101 cm³/mol. The Morgan fingerprint density at radius 1 is 1.28 bits per heavy atom. The molecule has 0 saturated heterocycles. The van der Waals surface area contributed by atoms with Crippen LogP contribution in [-0.4, -0.2) is 27.3 Å². The van der Waals surface area contributed by atoms with E-state index in [1.165, 1.54) is 4.68 Å². The van der Waals surface area contributed by atoms with Crippen molar-refractivity contribution in [1.29, 1.82) is 0 Å². The Balaban J connectivity index is 2.08. The Morgan fingerprint density at radius 3 is 2.44 bits per heavy atom. The van der Waals surface area contributed by atoms with Gasteiger partial charge in [0.25, 0.3) is 5.91 Å². The Kier molecular flexibility index (Phi) is 6.08. The first-order valence-electron chi connectivity index (χ1n) is 7.77. The van der Waals surface area contributed by atoms with Gasteiger partial charge in [0.15, 0.2) is 0 Å². The van der Waals surface area contributed by atoms with Gasteiger partial charge >= 0.3 is 0 Å². The summed E-state index contributed by atoms with van der Waals surface area (Å²) in [5.74, 6) is -0.386. The third kappa shape index (κ3) is 4.54. The molecule has 0 fully saturated rings. The number of amides is 2. The van der Waals surface area contributed by atoms with E-state index in [1.807, 2.05) is 19.1 Å². The van der Waals surface area contributed by atoms with E-state index in [1.54, 1.807) is 33.0 Å². The molecule has 8 heteroatoms. The Labute approximate surface area is 154 Å². The predicted octanol–water partition coefficient (Wildman–Crippen LogP) is 2.99. The number of carbonyl (C=O) groups is 2. The molecule has 0 aliphatic rings. The molecule has 0 spiro atoms. The van der Waals surface area contributed by atoms with Gasteiger partial charge in [0, 0.05) is 19.2 Å². The van der Waals surface area contributed by atoms with Crippen LogP contribution in [0.4, 0.5) is 5.69 Å². The van der Waals surface area contributed by atoms with Crippen LogP contribution in [-0.2, 0) is 11.8 Å². The fraction of sp³-hybridized carbons (Fsp3) is 0.294. The number of hydrogen-bond acceptors (Lipinski definition) is 4. The van der Waals surface area contributed by atoms with Crippen molar-refractivity contribution in [3.8, 4) is 0 Å². The first kappa shape index (κ1) is 18.9. The van der Waals surface area contributed by atoms with E-state index in [2.05, 4.69) is 36.9 Å². The van der Waals surface area contributed by atoms with Crippen LogP contribution >= 0.6 is 15.9 Å². The first-order valence-corrected chi connectivity index (χ1v) is 8.56. The number of halogens is 1. The van der Waals surface area contributed by atoms with Gasteiger partial charge in [-0.25, -0.2) is 5.43 Å². The molecule has 25 heavy (non-hydrogen) atoms. The van der Waals surface area contributed by atoms with Crippen molar-refractivity contribution in [3.63, 3.8) is 0 Å². The van der Waals surface area contributed by atoms with E-state index < -0.39 is 0 Å². The summed E-state index contributed by atoms with van der Waals surface area (Å²) >= 11 is 3.36. The Bertz CT molecular complexity index is 824. The van der Waals surface area contributed by atoms with Crippen LogP contribution in [0.5, 0.6) is 0 Å². The second-order valence-corrected chi connectivity index (χ2v) is 6.28. The van der Waals surface area contributed by atoms with Crippen LogP contribution in [0.2, 0.25) is 0 Å². The minimum atomic E-state index is -0.346. The van der Waals surface area contributed by atoms with E-state index in [0.29, 0.717) is 22.3 Å². The monoisotopic (exact) mass is 405 g/mol. The molecule has 0 atom stereocenters. The SMILES string of the molecule is CCC(=O)Nc1ccc(/C(C)=N/NC(=O)c2c(Br)c(C)nn2C)cc1. The molecule has 1 heterocycles. The lowest BCUT2D eigenvalue weighted by molar-refractivity contribution is -0.115. The average molecular weight is 406 g/mol. The van der Waals surface area contributed by atoms with Crippen molar-refractivity contribution >= 4 is 39.1 Å². The maximum atomic E-state index is 12.3. The van der Waals surface area contributed by atoms with E-state index in [-0.39, 0.29) is 11.8 Å². The van der Waals surface area contributed by atoms with Gasteiger partial charge in [0.1, 0.15) is 5.69 Å². The minimum absolute atomic E-state index is 0.0394. The highest BCUT2D eigenvalue weighted by Gasteiger charge is 2.17. The maximum absolute atomic E-state index is 12.3. The second-order valence-electron chi connectivity index (χ2n) is 5.49. The van der Waals surface area contributed by atoms with Crippen molar-refractivity contribution < 1.29 is 9.59 Å². The van der Waals surface area contributed by atoms with E-state index >= 15 is 0 Å². The number of anilines is 1. The van der Waals surface area contributed by atoms with Gasteiger partial charge in [-0.2, -0.15) is 10.2 Å². The molecule has 2 rings (SSSR count). The van der Waals surface area contributed by atoms with E-state index in [0.717, 1.165) is 16.9 Å². The van der Waals surface area contributed by atoms with Gasteiger partial charge in [-0.3, -0.25) is 14.3 Å². The lowest BCUT2D eigenvalue weighted by Gasteiger charge is -2.06. The summed E-state index contributed by atoms with van der Waals surface area (Å²) in [5, 5.41) is 11.1. The topological polar surface area (TPSA) is 88.4 Å². The zero-order valence-corrected chi connectivity index (χ0v) is 16.1. The summed E-state index contributed by atoms with van der Waals surface area (Å²) < 4.78 is 2.15. The molecule has 0 radical (unpaired) electrons. The van der Waals surface area contributed by atoms with Crippen molar-refractivity contribution in [2.45, 2.75) is 27.2 Å². The van der Waals surface area contributed by atoms with Crippen molar-refractivity contribution in [2.75, 3.05) is 5.32 Å². The van der Waals surface area contributed by atoms with Crippen molar-refractivity contribution in [2.24, 2.45) is 12.1 Å². The van der Waals surface area contributed by atoms with Crippen molar-refractivity contribution in [3.05, 3.63) is 45.7 Å². The van der Waals surface area contributed by atoms with Crippen LogP contribution in [0.25, 0.3) is 0 Å². The number of nitrogens with zero attached hydrogens (tertiary/aromatic N) is 3. The fourth-order valence-electron chi connectivity index (χ4n) is 2.18. The first-order chi connectivity index (χ1) is 11.8. The molecule has 7 nitrogen and oxygen atoms in total. The molecule has 0 unspecified atom stereocenters.